The summed E-state index contributed by atoms with van der Waals surface area (Å²) in [7, 11) is 0. The molecule has 14 heavy (non-hydrogen) atoms. The van der Waals surface area contributed by atoms with Crippen molar-refractivity contribution in [2.24, 2.45) is 11.3 Å². The summed E-state index contributed by atoms with van der Waals surface area (Å²) in [6.45, 7) is 8.07. The van der Waals surface area contributed by atoms with E-state index in [0.29, 0.717) is 5.69 Å². The van der Waals surface area contributed by atoms with Crippen LogP contribution in [0.2, 0.25) is 0 Å². The maximum atomic E-state index is 11.9. The molecule has 0 fully saturated rings. The maximum absolute atomic E-state index is 11.9. The molecule has 0 aromatic carbocycles. The fraction of sp³-hybridized carbons (Fsp3) is 0.545. The third-order valence-electron chi connectivity index (χ3n) is 2.51. The molecule has 0 radical (unpaired) electrons. The van der Waals surface area contributed by atoms with E-state index in [4.69, 9.17) is 0 Å². The SMILES string of the molecule is CC(C(=O)c1cnccn1)C(C)(C)C. The van der Waals surface area contributed by atoms with E-state index < -0.39 is 0 Å². The Morgan fingerprint density at radius 1 is 1.36 bits per heavy atom. The van der Waals surface area contributed by atoms with E-state index in [0.717, 1.165) is 0 Å². The Morgan fingerprint density at radius 2 is 2.00 bits per heavy atom. The highest BCUT2D eigenvalue weighted by atomic mass is 16.1. The van der Waals surface area contributed by atoms with Crippen LogP contribution in [0.3, 0.4) is 0 Å². The lowest BCUT2D eigenvalue weighted by atomic mass is 9.79. The van der Waals surface area contributed by atoms with Gasteiger partial charge in [-0.15, -0.1) is 0 Å². The molecule has 0 N–H and O–H groups in total. The van der Waals surface area contributed by atoms with Crippen LogP contribution in [0.1, 0.15) is 38.2 Å². The van der Waals surface area contributed by atoms with E-state index in [1.165, 1.54) is 6.20 Å². The van der Waals surface area contributed by atoms with Crippen molar-refractivity contribution in [2.75, 3.05) is 0 Å². The molecule has 0 saturated carbocycles. The van der Waals surface area contributed by atoms with Crippen LogP contribution in [0.25, 0.3) is 0 Å². The van der Waals surface area contributed by atoms with Gasteiger partial charge in [0.2, 0.25) is 0 Å². The number of nitrogens with zero attached hydrogens (tertiary/aromatic N) is 2. The van der Waals surface area contributed by atoms with Gasteiger partial charge in [-0.3, -0.25) is 9.78 Å². The quantitative estimate of drug-likeness (QED) is 0.675. The summed E-state index contributed by atoms with van der Waals surface area (Å²) < 4.78 is 0. The van der Waals surface area contributed by atoms with Crippen LogP contribution in [0.4, 0.5) is 0 Å². The summed E-state index contributed by atoms with van der Waals surface area (Å²) in [5.41, 5.74) is 0.421. The van der Waals surface area contributed by atoms with Crippen molar-refractivity contribution in [1.82, 2.24) is 9.97 Å². The lowest BCUT2D eigenvalue weighted by Gasteiger charge is -2.25. The van der Waals surface area contributed by atoms with Gasteiger partial charge in [-0.25, -0.2) is 4.98 Å². The minimum absolute atomic E-state index is 0.0331. The van der Waals surface area contributed by atoms with E-state index in [9.17, 15) is 4.79 Å². The molecule has 1 aromatic rings. The lowest BCUT2D eigenvalue weighted by molar-refractivity contribution is 0.0833. The molecule has 0 amide bonds. The first kappa shape index (κ1) is 10.8. The first-order valence-electron chi connectivity index (χ1n) is 4.73. The highest BCUT2D eigenvalue weighted by Crippen LogP contribution is 2.27. The first-order chi connectivity index (χ1) is 6.43. The van der Waals surface area contributed by atoms with Crippen molar-refractivity contribution >= 4 is 5.78 Å². The molecule has 3 nitrogen and oxygen atoms in total. The van der Waals surface area contributed by atoms with Gasteiger partial charge in [0.05, 0.1) is 6.20 Å². The fourth-order valence-corrected chi connectivity index (χ4v) is 1.04. The third kappa shape index (κ3) is 2.37. The largest absolute Gasteiger partial charge is 0.292 e. The van der Waals surface area contributed by atoms with Crippen LogP contribution < -0.4 is 0 Å². The van der Waals surface area contributed by atoms with Gasteiger partial charge in [-0.05, 0) is 5.41 Å². The van der Waals surface area contributed by atoms with Crippen molar-refractivity contribution in [3.8, 4) is 0 Å². The van der Waals surface area contributed by atoms with Crippen LogP contribution in [-0.4, -0.2) is 15.8 Å². The summed E-state index contributed by atoms with van der Waals surface area (Å²) in [4.78, 5) is 19.8. The van der Waals surface area contributed by atoms with E-state index in [-0.39, 0.29) is 17.1 Å². The number of aromatic nitrogens is 2. The van der Waals surface area contributed by atoms with Gasteiger partial charge in [0.1, 0.15) is 5.69 Å². The monoisotopic (exact) mass is 192 g/mol. The normalized spacial score (nSPS) is 13.7. The van der Waals surface area contributed by atoms with Gasteiger partial charge in [0.15, 0.2) is 5.78 Å². The van der Waals surface area contributed by atoms with Crippen LogP contribution in [0.15, 0.2) is 18.6 Å². The number of carbonyl (C=O) groups is 1. The topological polar surface area (TPSA) is 42.9 Å². The summed E-state index contributed by atoms with van der Waals surface area (Å²) in [5, 5.41) is 0. The molecule has 1 aromatic heterocycles. The number of rotatable bonds is 2. The minimum atomic E-state index is -0.0424. The Bertz CT molecular complexity index is 314. The highest BCUT2D eigenvalue weighted by Gasteiger charge is 2.28. The van der Waals surface area contributed by atoms with Crippen molar-refractivity contribution < 1.29 is 4.79 Å². The molecule has 0 spiro atoms. The Balaban J connectivity index is 2.87. The first-order valence-corrected chi connectivity index (χ1v) is 4.73. The van der Waals surface area contributed by atoms with Gasteiger partial charge in [-0.2, -0.15) is 0 Å². The molecular weight excluding hydrogens is 176 g/mol. The number of carbonyl (C=O) groups excluding carboxylic acids is 1. The number of hydrogen-bond donors (Lipinski definition) is 0. The second kappa shape index (κ2) is 3.86. The van der Waals surface area contributed by atoms with Crippen LogP contribution in [0, 0.1) is 11.3 Å². The van der Waals surface area contributed by atoms with Crippen LogP contribution in [0.5, 0.6) is 0 Å². The molecule has 1 rings (SSSR count). The molecule has 76 valence electrons. The predicted octanol–water partition coefficient (Wildman–Crippen LogP) is 2.34. The molecule has 0 bridgehead atoms. The molecule has 3 heteroatoms. The fourth-order valence-electron chi connectivity index (χ4n) is 1.04. The molecule has 0 saturated heterocycles. The second-order valence-corrected chi connectivity index (χ2v) is 4.54. The smallest absolute Gasteiger partial charge is 0.186 e. The summed E-state index contributed by atoms with van der Waals surface area (Å²) in [6.07, 6.45) is 4.63. The molecular formula is C11H16N2O. The average Bonchev–Trinajstić information content (AvgIpc) is 2.15. The zero-order valence-corrected chi connectivity index (χ0v) is 9.11. The zero-order chi connectivity index (χ0) is 10.8. The molecule has 1 atom stereocenters. The zero-order valence-electron chi connectivity index (χ0n) is 9.11. The van der Waals surface area contributed by atoms with Gasteiger partial charge in [-0.1, -0.05) is 27.7 Å². The Hall–Kier alpha value is -1.25. The third-order valence-corrected chi connectivity index (χ3v) is 2.51. The number of Topliss-reactive ketones (excluding diaryl/α,β-unsaturated/α-hetero) is 1. The maximum Gasteiger partial charge on any atom is 0.186 e. The van der Waals surface area contributed by atoms with E-state index >= 15 is 0 Å². The predicted molar refractivity (Wildman–Crippen MR) is 55.0 cm³/mol. The van der Waals surface area contributed by atoms with Crippen molar-refractivity contribution in [2.45, 2.75) is 27.7 Å². The van der Waals surface area contributed by atoms with Gasteiger partial charge >= 0.3 is 0 Å². The minimum Gasteiger partial charge on any atom is -0.292 e. The second-order valence-electron chi connectivity index (χ2n) is 4.54. The number of ketones is 1. The average molecular weight is 192 g/mol. The summed E-state index contributed by atoms with van der Waals surface area (Å²) >= 11 is 0. The standard InChI is InChI=1S/C11H16N2O/c1-8(11(2,3)4)10(14)9-7-12-5-6-13-9/h5-8H,1-4H3. The van der Waals surface area contributed by atoms with Gasteiger partial charge in [0.25, 0.3) is 0 Å². The lowest BCUT2D eigenvalue weighted by Crippen LogP contribution is -2.26. The van der Waals surface area contributed by atoms with Crippen molar-refractivity contribution in [3.63, 3.8) is 0 Å². The van der Waals surface area contributed by atoms with Gasteiger partial charge < -0.3 is 0 Å². The Labute approximate surface area is 84.6 Å². The molecule has 0 aliphatic rings. The van der Waals surface area contributed by atoms with E-state index in [2.05, 4.69) is 9.97 Å². The summed E-state index contributed by atoms with van der Waals surface area (Å²) in [5.74, 6) is 0.0183. The van der Waals surface area contributed by atoms with Crippen molar-refractivity contribution in [3.05, 3.63) is 24.3 Å². The van der Waals surface area contributed by atoms with E-state index in [1.807, 2.05) is 27.7 Å². The van der Waals surface area contributed by atoms with Crippen LogP contribution in [-0.2, 0) is 0 Å². The Kier molecular flexibility index (Phi) is 2.99. The van der Waals surface area contributed by atoms with Crippen molar-refractivity contribution in [1.29, 1.82) is 0 Å². The van der Waals surface area contributed by atoms with E-state index in [1.54, 1.807) is 12.4 Å². The Morgan fingerprint density at radius 3 is 2.43 bits per heavy atom. The molecule has 0 aliphatic heterocycles. The molecule has 1 heterocycles. The number of hydrogen-bond acceptors (Lipinski definition) is 3. The van der Waals surface area contributed by atoms with Crippen LogP contribution >= 0.6 is 0 Å². The summed E-state index contributed by atoms with van der Waals surface area (Å²) in [6, 6.07) is 0. The van der Waals surface area contributed by atoms with Gasteiger partial charge in [0, 0.05) is 18.3 Å². The molecule has 0 aliphatic carbocycles. The molecule has 1 unspecified atom stereocenters. The highest BCUT2D eigenvalue weighted by molar-refractivity contribution is 5.95.